The smallest absolute Gasteiger partial charge is 0.317 e. The van der Waals surface area contributed by atoms with Crippen molar-refractivity contribution in [1.82, 2.24) is 10.2 Å². The van der Waals surface area contributed by atoms with E-state index in [2.05, 4.69) is 5.32 Å². The Morgan fingerprint density at radius 3 is 2.95 bits per heavy atom. The molecule has 0 aliphatic carbocycles. The lowest BCUT2D eigenvalue weighted by atomic mass is 9.96. The summed E-state index contributed by atoms with van der Waals surface area (Å²) in [5.74, 6) is 0.291. The minimum Gasteiger partial charge on any atom is -0.391 e. The van der Waals surface area contributed by atoms with Gasteiger partial charge in [0.05, 0.1) is 12.2 Å². The summed E-state index contributed by atoms with van der Waals surface area (Å²) in [5, 5.41) is 12.7. The maximum atomic E-state index is 12.0. The first-order valence-corrected chi connectivity index (χ1v) is 7.49. The fourth-order valence-corrected chi connectivity index (χ4v) is 2.72. The van der Waals surface area contributed by atoms with Gasteiger partial charge in [0, 0.05) is 26.2 Å². The number of hydrogen-bond acceptors (Lipinski definition) is 3. The molecule has 3 unspecified atom stereocenters. The van der Waals surface area contributed by atoms with Crippen LogP contribution >= 0.6 is 0 Å². The Kier molecular flexibility index (Phi) is 5.45. The number of hydrogen-bond donors (Lipinski definition) is 2. The van der Waals surface area contributed by atoms with Gasteiger partial charge in [-0.05, 0) is 38.0 Å². The number of nitrogens with zero attached hydrogens (tertiary/aromatic N) is 1. The van der Waals surface area contributed by atoms with Gasteiger partial charge in [-0.25, -0.2) is 4.79 Å². The topological polar surface area (TPSA) is 61.8 Å². The second kappa shape index (κ2) is 7.10. The highest BCUT2D eigenvalue weighted by Gasteiger charge is 2.27. The number of ether oxygens (including phenoxy) is 1. The SMILES string of the molecule is CC1CCN(C(=O)NCCC2CCCCO2)CC1O. The minimum atomic E-state index is -0.388. The van der Waals surface area contributed by atoms with Crippen LogP contribution < -0.4 is 5.32 Å². The molecule has 2 N–H and O–H groups in total. The van der Waals surface area contributed by atoms with Crippen LogP contribution in [0, 0.1) is 5.92 Å². The predicted molar refractivity (Wildman–Crippen MR) is 73.0 cm³/mol. The van der Waals surface area contributed by atoms with Gasteiger partial charge in [-0.15, -0.1) is 0 Å². The van der Waals surface area contributed by atoms with Gasteiger partial charge in [0.1, 0.15) is 0 Å². The minimum absolute atomic E-state index is 0.0539. The molecule has 0 radical (unpaired) electrons. The van der Waals surface area contributed by atoms with Crippen LogP contribution in [0.3, 0.4) is 0 Å². The van der Waals surface area contributed by atoms with Crippen molar-refractivity contribution in [3.05, 3.63) is 0 Å². The molecule has 19 heavy (non-hydrogen) atoms. The maximum absolute atomic E-state index is 12.0. The largest absolute Gasteiger partial charge is 0.391 e. The molecule has 0 aromatic heterocycles. The van der Waals surface area contributed by atoms with E-state index >= 15 is 0 Å². The normalized spacial score (nSPS) is 32.1. The maximum Gasteiger partial charge on any atom is 0.317 e. The van der Waals surface area contributed by atoms with Gasteiger partial charge >= 0.3 is 6.03 Å². The summed E-state index contributed by atoms with van der Waals surface area (Å²) in [4.78, 5) is 13.7. The van der Waals surface area contributed by atoms with Crippen LogP contribution in [0.2, 0.25) is 0 Å². The number of carbonyl (C=O) groups excluding carboxylic acids is 1. The van der Waals surface area contributed by atoms with Gasteiger partial charge in [0.15, 0.2) is 0 Å². The highest BCUT2D eigenvalue weighted by Crippen LogP contribution is 2.17. The third-order valence-electron chi connectivity index (χ3n) is 4.22. The number of carbonyl (C=O) groups is 1. The molecule has 5 heteroatoms. The second-order valence-electron chi connectivity index (χ2n) is 5.79. The lowest BCUT2D eigenvalue weighted by Crippen LogP contribution is -2.50. The Balaban J connectivity index is 1.63. The van der Waals surface area contributed by atoms with E-state index in [1.165, 1.54) is 6.42 Å². The first-order chi connectivity index (χ1) is 9.16. The fraction of sp³-hybridized carbons (Fsp3) is 0.929. The van der Waals surface area contributed by atoms with Crippen molar-refractivity contribution in [2.75, 3.05) is 26.2 Å². The molecule has 2 aliphatic rings. The Labute approximate surface area is 115 Å². The van der Waals surface area contributed by atoms with Crippen LogP contribution in [0.4, 0.5) is 4.79 Å². The average molecular weight is 270 g/mol. The molecule has 110 valence electrons. The Morgan fingerprint density at radius 1 is 1.42 bits per heavy atom. The van der Waals surface area contributed by atoms with Crippen molar-refractivity contribution < 1.29 is 14.6 Å². The lowest BCUT2D eigenvalue weighted by Gasteiger charge is -2.34. The van der Waals surface area contributed by atoms with Gasteiger partial charge in [0.25, 0.3) is 0 Å². The number of rotatable bonds is 3. The number of nitrogens with one attached hydrogen (secondary N) is 1. The first-order valence-electron chi connectivity index (χ1n) is 7.49. The van der Waals surface area contributed by atoms with Crippen molar-refractivity contribution in [2.24, 2.45) is 5.92 Å². The summed E-state index contributed by atoms with van der Waals surface area (Å²) in [7, 11) is 0. The zero-order chi connectivity index (χ0) is 13.7. The summed E-state index contributed by atoms with van der Waals surface area (Å²) in [6.07, 6.45) is 5.18. The number of likely N-dealkylation sites (tertiary alicyclic amines) is 1. The monoisotopic (exact) mass is 270 g/mol. The van der Waals surface area contributed by atoms with Crippen molar-refractivity contribution >= 4 is 6.03 Å². The Bertz CT molecular complexity index is 292. The first kappa shape index (κ1) is 14.6. The van der Waals surface area contributed by atoms with Gasteiger partial charge in [-0.1, -0.05) is 6.92 Å². The molecule has 0 spiro atoms. The predicted octanol–water partition coefficient (Wildman–Crippen LogP) is 1.36. The third kappa shape index (κ3) is 4.35. The molecular formula is C14H26N2O3. The van der Waals surface area contributed by atoms with Crippen molar-refractivity contribution in [3.8, 4) is 0 Å². The van der Waals surface area contributed by atoms with Crippen molar-refractivity contribution in [3.63, 3.8) is 0 Å². The van der Waals surface area contributed by atoms with Crippen LogP contribution in [0.25, 0.3) is 0 Å². The molecule has 0 saturated carbocycles. The number of aliphatic hydroxyl groups is 1. The highest BCUT2D eigenvalue weighted by atomic mass is 16.5. The Hall–Kier alpha value is -0.810. The van der Waals surface area contributed by atoms with Crippen LogP contribution in [0.1, 0.15) is 39.0 Å². The number of urea groups is 1. The van der Waals surface area contributed by atoms with Crippen LogP contribution in [-0.4, -0.2) is 54.5 Å². The molecule has 0 aromatic carbocycles. The molecule has 2 amide bonds. The Morgan fingerprint density at radius 2 is 2.26 bits per heavy atom. The molecule has 2 rings (SSSR count). The summed E-state index contributed by atoms with van der Waals surface area (Å²) in [6, 6.07) is -0.0539. The molecule has 2 saturated heterocycles. The van der Waals surface area contributed by atoms with E-state index in [-0.39, 0.29) is 12.1 Å². The van der Waals surface area contributed by atoms with E-state index in [1.54, 1.807) is 4.90 Å². The average Bonchev–Trinajstić information content (AvgIpc) is 2.43. The van der Waals surface area contributed by atoms with Gasteiger partial charge in [0.2, 0.25) is 0 Å². The third-order valence-corrected chi connectivity index (χ3v) is 4.22. The number of amides is 2. The summed E-state index contributed by atoms with van der Waals surface area (Å²) in [6.45, 7) is 4.73. The zero-order valence-electron chi connectivity index (χ0n) is 11.8. The number of aliphatic hydroxyl groups excluding tert-OH is 1. The summed E-state index contributed by atoms with van der Waals surface area (Å²) >= 11 is 0. The number of β-amino-alcohol motifs (C(OH)–C–C–N with tert-alkyl or cyclic N) is 1. The van der Waals surface area contributed by atoms with Gasteiger partial charge in [-0.3, -0.25) is 0 Å². The number of piperidine rings is 1. The molecule has 3 atom stereocenters. The fourth-order valence-electron chi connectivity index (χ4n) is 2.72. The van der Waals surface area contributed by atoms with E-state index in [9.17, 15) is 9.90 Å². The molecule has 0 bridgehead atoms. The van der Waals surface area contributed by atoms with Gasteiger partial charge in [-0.2, -0.15) is 0 Å². The van der Waals surface area contributed by atoms with E-state index in [0.29, 0.717) is 25.1 Å². The van der Waals surface area contributed by atoms with Crippen LogP contribution in [-0.2, 0) is 4.74 Å². The van der Waals surface area contributed by atoms with E-state index in [0.717, 1.165) is 38.8 Å². The molecule has 2 heterocycles. The van der Waals surface area contributed by atoms with Crippen molar-refractivity contribution in [2.45, 2.75) is 51.2 Å². The van der Waals surface area contributed by atoms with Gasteiger partial charge < -0.3 is 20.1 Å². The molecule has 0 aromatic rings. The van der Waals surface area contributed by atoms with E-state index < -0.39 is 0 Å². The van der Waals surface area contributed by atoms with E-state index in [1.807, 2.05) is 6.92 Å². The van der Waals surface area contributed by atoms with Crippen molar-refractivity contribution in [1.29, 1.82) is 0 Å². The molecular weight excluding hydrogens is 244 g/mol. The van der Waals surface area contributed by atoms with Crippen LogP contribution in [0.5, 0.6) is 0 Å². The lowest BCUT2D eigenvalue weighted by molar-refractivity contribution is 0.0113. The van der Waals surface area contributed by atoms with E-state index in [4.69, 9.17) is 4.74 Å². The standard InChI is InChI=1S/C14H26N2O3/c1-11-6-8-16(10-13(11)17)14(18)15-7-5-12-4-2-3-9-19-12/h11-13,17H,2-10H2,1H3,(H,15,18). The zero-order valence-corrected chi connectivity index (χ0v) is 11.8. The summed E-state index contributed by atoms with van der Waals surface area (Å²) < 4.78 is 5.63. The molecule has 2 fully saturated rings. The quantitative estimate of drug-likeness (QED) is 0.814. The molecule has 5 nitrogen and oxygen atoms in total. The second-order valence-corrected chi connectivity index (χ2v) is 5.79. The highest BCUT2D eigenvalue weighted by molar-refractivity contribution is 5.74. The summed E-state index contributed by atoms with van der Waals surface area (Å²) in [5.41, 5.74) is 0. The molecule has 2 aliphatic heterocycles. The van der Waals surface area contributed by atoms with Crippen LogP contribution in [0.15, 0.2) is 0 Å².